The zero-order chi connectivity index (χ0) is 15.2. The first kappa shape index (κ1) is 14.3. The van der Waals surface area contributed by atoms with Crippen molar-refractivity contribution in [3.05, 3.63) is 12.2 Å². The first-order chi connectivity index (χ1) is 9.95. The summed E-state index contributed by atoms with van der Waals surface area (Å²) in [6.45, 7) is 9.51. The summed E-state index contributed by atoms with van der Waals surface area (Å²) in [6, 6.07) is 0. The Morgan fingerprint density at radius 3 is 2.86 bits per heavy atom. The van der Waals surface area contributed by atoms with E-state index >= 15 is 0 Å². The molecule has 6 nitrogen and oxygen atoms in total. The number of aryl methyl sites for hydroxylation is 1. The summed E-state index contributed by atoms with van der Waals surface area (Å²) in [5, 5.41) is 10.9. The molecular formula is C15H22N4O2. The Labute approximate surface area is 124 Å². The molecule has 1 aliphatic heterocycles. The van der Waals surface area contributed by atoms with Crippen LogP contribution in [0.4, 0.5) is 5.82 Å². The first-order valence-corrected chi connectivity index (χ1v) is 7.53. The molecule has 0 aliphatic carbocycles. The highest BCUT2D eigenvalue weighted by Gasteiger charge is 2.45. The fourth-order valence-corrected chi connectivity index (χ4v) is 3.10. The van der Waals surface area contributed by atoms with Crippen LogP contribution >= 0.6 is 0 Å². The molecule has 0 amide bonds. The lowest BCUT2D eigenvalue weighted by molar-refractivity contribution is -0.0186. The number of oxazole rings is 1. The molecule has 3 rings (SSSR count). The minimum atomic E-state index is -0.700. The summed E-state index contributed by atoms with van der Waals surface area (Å²) in [5.41, 5.74) is 0.508. The van der Waals surface area contributed by atoms with Crippen LogP contribution in [0.5, 0.6) is 0 Å². The highest BCUT2D eigenvalue weighted by Crippen LogP contribution is 2.37. The minimum Gasteiger partial charge on any atom is -0.422 e. The molecule has 3 heterocycles. The average Bonchev–Trinajstić information content (AvgIpc) is 3.00. The van der Waals surface area contributed by atoms with Crippen LogP contribution in [0, 0.1) is 11.8 Å². The van der Waals surface area contributed by atoms with Gasteiger partial charge in [0.15, 0.2) is 17.2 Å². The van der Waals surface area contributed by atoms with Gasteiger partial charge in [0.25, 0.3) is 5.71 Å². The molecular weight excluding hydrogens is 268 g/mol. The normalized spacial score (nSPS) is 26.2. The standard InChI is InChI=1S/C15H22N4O2/c1-5-11-18-12-13(16-8-17-14(12)21-11)19-6-10(4)15(20,7-19)9(2)3/h8-10,20H,5-7H2,1-4H3/t10-,15-/m1/s1. The highest BCUT2D eigenvalue weighted by molar-refractivity contribution is 5.81. The lowest BCUT2D eigenvalue weighted by Gasteiger charge is -2.31. The lowest BCUT2D eigenvalue weighted by Crippen LogP contribution is -2.42. The number of rotatable bonds is 3. The molecule has 114 valence electrons. The van der Waals surface area contributed by atoms with E-state index in [-0.39, 0.29) is 11.8 Å². The number of fused-ring (bicyclic) bond motifs is 1. The van der Waals surface area contributed by atoms with Crippen molar-refractivity contribution in [3.63, 3.8) is 0 Å². The molecule has 0 saturated carbocycles. The fourth-order valence-electron chi connectivity index (χ4n) is 3.10. The van der Waals surface area contributed by atoms with Gasteiger partial charge in [-0.2, -0.15) is 4.98 Å². The van der Waals surface area contributed by atoms with Crippen molar-refractivity contribution in [1.82, 2.24) is 15.0 Å². The number of aliphatic hydroxyl groups is 1. The molecule has 1 aliphatic rings. The Hall–Kier alpha value is -1.69. The van der Waals surface area contributed by atoms with E-state index in [0.29, 0.717) is 23.7 Å². The predicted molar refractivity (Wildman–Crippen MR) is 80.1 cm³/mol. The number of anilines is 1. The molecule has 21 heavy (non-hydrogen) atoms. The second-order valence-corrected chi connectivity index (χ2v) is 6.24. The number of nitrogens with zero attached hydrogens (tertiary/aromatic N) is 4. The number of aromatic nitrogens is 3. The van der Waals surface area contributed by atoms with E-state index in [4.69, 9.17) is 4.42 Å². The van der Waals surface area contributed by atoms with Gasteiger partial charge in [-0.3, -0.25) is 0 Å². The Morgan fingerprint density at radius 2 is 2.24 bits per heavy atom. The lowest BCUT2D eigenvalue weighted by atomic mass is 9.82. The molecule has 0 spiro atoms. The van der Waals surface area contributed by atoms with Crippen molar-refractivity contribution in [2.24, 2.45) is 11.8 Å². The van der Waals surface area contributed by atoms with Gasteiger partial charge in [0.05, 0.1) is 5.60 Å². The zero-order valence-corrected chi connectivity index (χ0v) is 13.0. The summed E-state index contributed by atoms with van der Waals surface area (Å²) >= 11 is 0. The average molecular weight is 290 g/mol. The third kappa shape index (κ3) is 2.18. The topological polar surface area (TPSA) is 75.3 Å². The maximum absolute atomic E-state index is 10.9. The Bertz CT molecular complexity index is 654. The second kappa shape index (κ2) is 4.94. The van der Waals surface area contributed by atoms with E-state index in [2.05, 4.69) is 40.6 Å². The summed E-state index contributed by atoms with van der Waals surface area (Å²) in [6.07, 6.45) is 2.22. The van der Waals surface area contributed by atoms with Crippen LogP contribution < -0.4 is 4.90 Å². The van der Waals surface area contributed by atoms with Crippen molar-refractivity contribution in [1.29, 1.82) is 0 Å². The Kier molecular flexibility index (Phi) is 3.36. The van der Waals surface area contributed by atoms with Gasteiger partial charge < -0.3 is 14.4 Å². The van der Waals surface area contributed by atoms with Crippen molar-refractivity contribution in [3.8, 4) is 0 Å². The van der Waals surface area contributed by atoms with Gasteiger partial charge >= 0.3 is 0 Å². The number of hydrogen-bond acceptors (Lipinski definition) is 6. The number of β-amino-alcohol motifs (C(OH)–C–C–N with tert-alkyl or cyclic N) is 1. The van der Waals surface area contributed by atoms with Gasteiger partial charge in [0.1, 0.15) is 6.33 Å². The highest BCUT2D eigenvalue weighted by atomic mass is 16.4. The molecule has 2 aromatic rings. The predicted octanol–water partition coefficient (Wildman–Crippen LogP) is 2.02. The molecule has 1 N–H and O–H groups in total. The van der Waals surface area contributed by atoms with Gasteiger partial charge in [-0.05, 0) is 5.92 Å². The van der Waals surface area contributed by atoms with Crippen molar-refractivity contribution >= 4 is 17.0 Å². The molecule has 0 aromatic carbocycles. The molecule has 6 heteroatoms. The molecule has 1 saturated heterocycles. The third-order valence-corrected chi connectivity index (χ3v) is 4.61. The van der Waals surface area contributed by atoms with Crippen molar-refractivity contribution in [2.45, 2.75) is 39.7 Å². The quantitative estimate of drug-likeness (QED) is 0.932. The molecule has 2 atom stereocenters. The van der Waals surface area contributed by atoms with Crippen LogP contribution in [0.15, 0.2) is 10.7 Å². The van der Waals surface area contributed by atoms with Crippen LogP contribution in [0.2, 0.25) is 0 Å². The van der Waals surface area contributed by atoms with E-state index in [1.165, 1.54) is 6.33 Å². The van der Waals surface area contributed by atoms with Gasteiger partial charge in [-0.25, -0.2) is 9.97 Å². The van der Waals surface area contributed by atoms with E-state index in [1.54, 1.807) is 0 Å². The minimum absolute atomic E-state index is 0.181. The van der Waals surface area contributed by atoms with Crippen LogP contribution in [0.3, 0.4) is 0 Å². The molecule has 0 bridgehead atoms. The third-order valence-electron chi connectivity index (χ3n) is 4.61. The van der Waals surface area contributed by atoms with Crippen LogP contribution in [-0.4, -0.2) is 38.7 Å². The van der Waals surface area contributed by atoms with Crippen molar-refractivity contribution < 1.29 is 9.52 Å². The van der Waals surface area contributed by atoms with Crippen LogP contribution in [0.25, 0.3) is 11.2 Å². The van der Waals surface area contributed by atoms with Crippen molar-refractivity contribution in [2.75, 3.05) is 18.0 Å². The van der Waals surface area contributed by atoms with E-state index < -0.39 is 5.60 Å². The second-order valence-electron chi connectivity index (χ2n) is 6.24. The molecule has 0 unspecified atom stereocenters. The maximum Gasteiger partial charge on any atom is 0.252 e. The van der Waals surface area contributed by atoms with Crippen LogP contribution in [0.1, 0.15) is 33.6 Å². The summed E-state index contributed by atoms with van der Waals surface area (Å²) in [4.78, 5) is 15.1. The SMILES string of the molecule is CCc1nc2c(N3C[C@@H](C)[C@](O)(C(C)C)C3)ncnc2o1. The molecule has 0 radical (unpaired) electrons. The monoisotopic (exact) mass is 290 g/mol. The van der Waals surface area contributed by atoms with Gasteiger partial charge in [-0.1, -0.05) is 27.7 Å². The fraction of sp³-hybridized carbons (Fsp3) is 0.667. The smallest absolute Gasteiger partial charge is 0.252 e. The Balaban J connectivity index is 2.00. The van der Waals surface area contributed by atoms with E-state index in [0.717, 1.165) is 18.8 Å². The van der Waals surface area contributed by atoms with Crippen LogP contribution in [-0.2, 0) is 6.42 Å². The van der Waals surface area contributed by atoms with Gasteiger partial charge in [0, 0.05) is 25.4 Å². The zero-order valence-electron chi connectivity index (χ0n) is 13.0. The summed E-state index contributed by atoms with van der Waals surface area (Å²) in [5.74, 6) is 1.79. The number of hydrogen-bond donors (Lipinski definition) is 1. The van der Waals surface area contributed by atoms with E-state index in [1.807, 2.05) is 6.92 Å². The maximum atomic E-state index is 10.9. The van der Waals surface area contributed by atoms with E-state index in [9.17, 15) is 5.11 Å². The summed E-state index contributed by atoms with van der Waals surface area (Å²) < 4.78 is 5.59. The molecule has 2 aromatic heterocycles. The first-order valence-electron chi connectivity index (χ1n) is 7.53. The molecule has 1 fully saturated rings. The Morgan fingerprint density at radius 1 is 1.48 bits per heavy atom. The summed E-state index contributed by atoms with van der Waals surface area (Å²) in [7, 11) is 0. The van der Waals surface area contributed by atoms with Gasteiger partial charge in [0.2, 0.25) is 0 Å². The van der Waals surface area contributed by atoms with Gasteiger partial charge in [-0.15, -0.1) is 0 Å². The largest absolute Gasteiger partial charge is 0.422 e.